The van der Waals surface area contributed by atoms with E-state index in [-0.39, 0.29) is 6.04 Å². The number of rotatable bonds is 4. The van der Waals surface area contributed by atoms with Crippen molar-refractivity contribution in [1.82, 2.24) is 15.4 Å². The van der Waals surface area contributed by atoms with Gasteiger partial charge in [-0.15, -0.1) is 0 Å². The zero-order valence-corrected chi connectivity index (χ0v) is 12.4. The molecule has 0 spiro atoms. The molecule has 7 heteroatoms. The van der Waals surface area contributed by atoms with Crippen molar-refractivity contribution in [3.05, 3.63) is 51.3 Å². The van der Waals surface area contributed by atoms with Crippen LogP contribution in [0.5, 0.6) is 5.88 Å². The van der Waals surface area contributed by atoms with E-state index >= 15 is 0 Å². The number of benzene rings is 1. The Kier molecular flexibility index (Phi) is 4.71. The molecule has 100 valence electrons. The zero-order valence-electron chi connectivity index (χ0n) is 10.1. The minimum absolute atomic E-state index is 0.362. The van der Waals surface area contributed by atoms with Gasteiger partial charge < -0.3 is 4.74 Å². The maximum absolute atomic E-state index is 6.05. The van der Waals surface area contributed by atoms with Gasteiger partial charge in [0, 0.05) is 21.9 Å². The molecule has 3 N–H and O–H groups in total. The Morgan fingerprint density at radius 2 is 2.05 bits per heavy atom. The smallest absolute Gasteiger partial charge is 0.237 e. The van der Waals surface area contributed by atoms with Gasteiger partial charge >= 0.3 is 0 Å². The second-order valence-electron chi connectivity index (χ2n) is 3.75. The van der Waals surface area contributed by atoms with E-state index in [0.29, 0.717) is 16.6 Å². The van der Waals surface area contributed by atoms with Crippen molar-refractivity contribution in [3.63, 3.8) is 0 Å². The minimum Gasteiger partial charge on any atom is -0.480 e. The largest absolute Gasteiger partial charge is 0.480 e. The highest BCUT2D eigenvalue weighted by Crippen LogP contribution is 2.29. The van der Waals surface area contributed by atoms with Crippen LogP contribution in [-0.4, -0.2) is 17.1 Å². The van der Waals surface area contributed by atoms with E-state index in [0.717, 1.165) is 10.0 Å². The maximum atomic E-state index is 6.05. The van der Waals surface area contributed by atoms with Gasteiger partial charge in [0.15, 0.2) is 0 Å². The lowest BCUT2D eigenvalue weighted by Crippen LogP contribution is -2.30. The van der Waals surface area contributed by atoms with E-state index in [4.69, 9.17) is 22.2 Å². The molecule has 0 aliphatic rings. The van der Waals surface area contributed by atoms with Crippen LogP contribution in [0, 0.1) is 0 Å². The van der Waals surface area contributed by atoms with Crippen molar-refractivity contribution in [2.45, 2.75) is 6.04 Å². The maximum Gasteiger partial charge on any atom is 0.237 e. The van der Waals surface area contributed by atoms with Crippen LogP contribution in [-0.2, 0) is 0 Å². The molecule has 0 saturated heterocycles. The normalized spacial score (nSPS) is 12.2. The number of nitrogens with zero attached hydrogens (tertiary/aromatic N) is 2. The summed E-state index contributed by atoms with van der Waals surface area (Å²) in [7, 11) is 1.54. The molecule has 1 aromatic carbocycles. The van der Waals surface area contributed by atoms with Gasteiger partial charge in [0.05, 0.1) is 13.2 Å². The molecule has 0 amide bonds. The SMILES string of the molecule is COc1nccnc1C(NN)c1cc(Cl)cc(Br)c1. The number of nitrogens with two attached hydrogens (primary N) is 1. The number of hydrazine groups is 1. The molecule has 2 aromatic rings. The predicted octanol–water partition coefficient (Wildman–Crippen LogP) is 2.45. The lowest BCUT2D eigenvalue weighted by Gasteiger charge is -2.18. The van der Waals surface area contributed by atoms with Gasteiger partial charge in [0.25, 0.3) is 0 Å². The zero-order chi connectivity index (χ0) is 13.8. The monoisotopic (exact) mass is 342 g/mol. The van der Waals surface area contributed by atoms with Crippen molar-refractivity contribution in [2.24, 2.45) is 5.84 Å². The first-order valence-corrected chi connectivity index (χ1v) is 6.59. The fourth-order valence-electron chi connectivity index (χ4n) is 1.77. The number of nitrogens with one attached hydrogen (secondary N) is 1. The van der Waals surface area contributed by atoms with Crippen LogP contribution in [0.15, 0.2) is 35.1 Å². The molecule has 0 aliphatic carbocycles. The summed E-state index contributed by atoms with van der Waals surface area (Å²) in [5.74, 6) is 6.05. The van der Waals surface area contributed by atoms with Crippen LogP contribution in [0.4, 0.5) is 0 Å². The fraction of sp³-hybridized carbons (Fsp3) is 0.167. The van der Waals surface area contributed by atoms with Gasteiger partial charge in [0.2, 0.25) is 5.88 Å². The summed E-state index contributed by atoms with van der Waals surface area (Å²) >= 11 is 9.44. The molecule has 0 radical (unpaired) electrons. The average molecular weight is 344 g/mol. The number of aromatic nitrogens is 2. The Morgan fingerprint density at radius 3 is 2.68 bits per heavy atom. The first kappa shape index (κ1) is 14.2. The molecule has 2 rings (SSSR count). The molecule has 0 bridgehead atoms. The van der Waals surface area contributed by atoms with E-state index in [1.807, 2.05) is 12.1 Å². The Hall–Kier alpha value is -1.21. The quantitative estimate of drug-likeness (QED) is 0.659. The minimum atomic E-state index is -0.362. The summed E-state index contributed by atoms with van der Waals surface area (Å²) in [5.41, 5.74) is 4.16. The summed E-state index contributed by atoms with van der Waals surface area (Å²) in [6.07, 6.45) is 3.14. The van der Waals surface area contributed by atoms with Crippen molar-refractivity contribution in [2.75, 3.05) is 7.11 Å². The fourth-order valence-corrected chi connectivity index (χ4v) is 2.65. The second kappa shape index (κ2) is 6.29. The van der Waals surface area contributed by atoms with E-state index in [1.54, 1.807) is 18.5 Å². The molecule has 0 aliphatic heterocycles. The van der Waals surface area contributed by atoms with Crippen molar-refractivity contribution in [3.8, 4) is 5.88 Å². The van der Waals surface area contributed by atoms with Gasteiger partial charge in [0.1, 0.15) is 5.69 Å². The highest BCUT2D eigenvalue weighted by atomic mass is 79.9. The molecule has 0 fully saturated rings. The second-order valence-corrected chi connectivity index (χ2v) is 5.11. The first-order valence-electron chi connectivity index (χ1n) is 5.42. The summed E-state index contributed by atoms with van der Waals surface area (Å²) in [6, 6.07) is 5.15. The molecule has 1 unspecified atom stereocenters. The van der Waals surface area contributed by atoms with Gasteiger partial charge in [-0.25, -0.2) is 10.4 Å². The summed E-state index contributed by atoms with van der Waals surface area (Å²) in [4.78, 5) is 8.38. The standard InChI is InChI=1S/C12H12BrClN4O/c1-19-12-11(16-2-3-17-12)10(18-15)7-4-8(13)6-9(14)5-7/h2-6,10,18H,15H2,1H3. The molecule has 19 heavy (non-hydrogen) atoms. The third kappa shape index (κ3) is 3.22. The highest BCUT2D eigenvalue weighted by molar-refractivity contribution is 9.10. The van der Waals surface area contributed by atoms with E-state index in [2.05, 4.69) is 31.3 Å². The van der Waals surface area contributed by atoms with Gasteiger partial charge in [-0.05, 0) is 23.8 Å². The molecular weight excluding hydrogens is 332 g/mol. The summed E-state index contributed by atoms with van der Waals surface area (Å²) in [6.45, 7) is 0. The molecule has 1 aromatic heterocycles. The van der Waals surface area contributed by atoms with Gasteiger partial charge in [-0.2, -0.15) is 0 Å². The number of halogens is 2. The molecular formula is C12H12BrClN4O. The van der Waals surface area contributed by atoms with E-state index in [1.165, 1.54) is 7.11 Å². The van der Waals surface area contributed by atoms with Crippen LogP contribution < -0.4 is 16.0 Å². The van der Waals surface area contributed by atoms with Crippen molar-refractivity contribution >= 4 is 27.5 Å². The first-order chi connectivity index (χ1) is 9.15. The molecule has 1 heterocycles. The third-order valence-electron chi connectivity index (χ3n) is 2.54. The Morgan fingerprint density at radius 1 is 1.32 bits per heavy atom. The molecule has 1 atom stereocenters. The predicted molar refractivity (Wildman–Crippen MR) is 76.9 cm³/mol. The molecule has 0 saturated carbocycles. The van der Waals surface area contributed by atoms with Crippen LogP contribution in [0.25, 0.3) is 0 Å². The number of ether oxygens (including phenoxy) is 1. The highest BCUT2D eigenvalue weighted by Gasteiger charge is 2.20. The lowest BCUT2D eigenvalue weighted by atomic mass is 10.0. The van der Waals surface area contributed by atoms with Crippen LogP contribution in [0.3, 0.4) is 0 Å². The molecule has 5 nitrogen and oxygen atoms in total. The average Bonchev–Trinajstić information content (AvgIpc) is 2.39. The number of methoxy groups -OCH3 is 1. The third-order valence-corrected chi connectivity index (χ3v) is 3.22. The van der Waals surface area contributed by atoms with E-state index < -0.39 is 0 Å². The number of hydrogen-bond donors (Lipinski definition) is 2. The van der Waals surface area contributed by atoms with Gasteiger partial charge in [-0.3, -0.25) is 10.8 Å². The lowest BCUT2D eigenvalue weighted by molar-refractivity contribution is 0.383. The topological polar surface area (TPSA) is 73.1 Å². The Labute approximate surface area is 124 Å². The van der Waals surface area contributed by atoms with Crippen molar-refractivity contribution in [1.29, 1.82) is 0 Å². The Bertz CT molecular complexity index is 561. The summed E-state index contributed by atoms with van der Waals surface area (Å²) in [5, 5.41) is 0.604. The number of hydrogen-bond acceptors (Lipinski definition) is 5. The van der Waals surface area contributed by atoms with Crippen LogP contribution in [0.2, 0.25) is 5.02 Å². The van der Waals surface area contributed by atoms with Crippen LogP contribution in [0.1, 0.15) is 17.3 Å². The Balaban J connectivity index is 2.49. The van der Waals surface area contributed by atoms with Gasteiger partial charge in [-0.1, -0.05) is 27.5 Å². The van der Waals surface area contributed by atoms with Crippen molar-refractivity contribution < 1.29 is 4.74 Å². The van der Waals surface area contributed by atoms with E-state index in [9.17, 15) is 0 Å². The van der Waals surface area contributed by atoms with Crippen LogP contribution >= 0.6 is 27.5 Å². The summed E-state index contributed by atoms with van der Waals surface area (Å²) < 4.78 is 6.06.